The first-order chi connectivity index (χ1) is 12.7. The highest BCUT2D eigenvalue weighted by atomic mass is 35.5. The SMILES string of the molecule is COc1ccc(NC(=O)C(C)(C)C(=O)Nc2cc(Cl)ccc2C)c(OC)c1. The first kappa shape index (κ1) is 20.6. The van der Waals surface area contributed by atoms with Crippen LogP contribution in [0, 0.1) is 12.3 Å². The van der Waals surface area contributed by atoms with Gasteiger partial charge in [-0.2, -0.15) is 0 Å². The number of aryl methyl sites for hydroxylation is 1. The molecule has 0 saturated carbocycles. The van der Waals surface area contributed by atoms with Crippen molar-refractivity contribution in [1.82, 2.24) is 0 Å². The Labute approximate surface area is 163 Å². The number of rotatable bonds is 6. The lowest BCUT2D eigenvalue weighted by atomic mass is 9.90. The zero-order chi connectivity index (χ0) is 20.2. The van der Waals surface area contributed by atoms with Gasteiger partial charge in [-0.05, 0) is 50.6 Å². The predicted molar refractivity (Wildman–Crippen MR) is 107 cm³/mol. The van der Waals surface area contributed by atoms with Gasteiger partial charge in [-0.15, -0.1) is 0 Å². The number of ether oxygens (including phenoxy) is 2. The van der Waals surface area contributed by atoms with Crippen LogP contribution >= 0.6 is 11.6 Å². The van der Waals surface area contributed by atoms with Gasteiger partial charge >= 0.3 is 0 Å². The summed E-state index contributed by atoms with van der Waals surface area (Å²) in [5.74, 6) is 0.115. The number of anilines is 2. The van der Waals surface area contributed by atoms with Crippen molar-refractivity contribution in [1.29, 1.82) is 0 Å². The van der Waals surface area contributed by atoms with Crippen molar-refractivity contribution in [3.63, 3.8) is 0 Å². The van der Waals surface area contributed by atoms with Crippen LogP contribution in [-0.4, -0.2) is 26.0 Å². The molecule has 27 heavy (non-hydrogen) atoms. The van der Waals surface area contributed by atoms with Crippen LogP contribution in [0.3, 0.4) is 0 Å². The van der Waals surface area contributed by atoms with Crippen molar-refractivity contribution in [2.75, 3.05) is 24.9 Å². The topological polar surface area (TPSA) is 76.7 Å². The second kappa shape index (κ2) is 8.31. The molecule has 2 N–H and O–H groups in total. The van der Waals surface area contributed by atoms with E-state index in [0.717, 1.165) is 5.56 Å². The van der Waals surface area contributed by atoms with Gasteiger partial charge in [0.1, 0.15) is 16.9 Å². The molecular weight excluding hydrogens is 368 g/mol. The molecule has 2 rings (SSSR count). The molecule has 0 spiro atoms. The molecule has 0 aromatic heterocycles. The van der Waals surface area contributed by atoms with Gasteiger partial charge in [0.05, 0.1) is 19.9 Å². The number of benzene rings is 2. The number of hydrogen-bond donors (Lipinski definition) is 2. The fourth-order valence-corrected chi connectivity index (χ4v) is 2.46. The number of methoxy groups -OCH3 is 2. The van der Waals surface area contributed by atoms with Crippen LogP contribution in [0.5, 0.6) is 11.5 Å². The summed E-state index contributed by atoms with van der Waals surface area (Å²) >= 11 is 5.99. The summed E-state index contributed by atoms with van der Waals surface area (Å²) in [6.07, 6.45) is 0. The zero-order valence-electron chi connectivity index (χ0n) is 16.0. The first-order valence-electron chi connectivity index (χ1n) is 8.30. The van der Waals surface area contributed by atoms with E-state index in [1.54, 1.807) is 50.2 Å². The van der Waals surface area contributed by atoms with E-state index in [1.165, 1.54) is 14.2 Å². The molecule has 0 aliphatic rings. The summed E-state index contributed by atoms with van der Waals surface area (Å²) in [5, 5.41) is 6.01. The number of halogens is 1. The maximum Gasteiger partial charge on any atom is 0.239 e. The summed E-state index contributed by atoms with van der Waals surface area (Å²) < 4.78 is 10.4. The number of carbonyl (C=O) groups is 2. The highest BCUT2D eigenvalue weighted by Gasteiger charge is 2.36. The molecule has 0 unspecified atom stereocenters. The normalized spacial score (nSPS) is 10.9. The van der Waals surface area contributed by atoms with Gasteiger partial charge in [-0.1, -0.05) is 17.7 Å². The van der Waals surface area contributed by atoms with Crippen molar-refractivity contribution in [2.24, 2.45) is 5.41 Å². The Balaban J connectivity index is 2.19. The molecule has 2 aromatic rings. The molecule has 0 aliphatic heterocycles. The van der Waals surface area contributed by atoms with Crippen molar-refractivity contribution in [3.8, 4) is 11.5 Å². The van der Waals surface area contributed by atoms with E-state index in [-0.39, 0.29) is 0 Å². The molecule has 0 fully saturated rings. The van der Waals surface area contributed by atoms with E-state index >= 15 is 0 Å². The van der Waals surface area contributed by atoms with E-state index in [0.29, 0.717) is 27.9 Å². The third-order valence-electron chi connectivity index (χ3n) is 4.24. The van der Waals surface area contributed by atoms with E-state index in [4.69, 9.17) is 21.1 Å². The second-order valence-electron chi connectivity index (χ2n) is 6.56. The lowest BCUT2D eigenvalue weighted by molar-refractivity contribution is -0.135. The van der Waals surface area contributed by atoms with Crippen LogP contribution in [0.25, 0.3) is 0 Å². The lowest BCUT2D eigenvalue weighted by Gasteiger charge is -2.24. The van der Waals surface area contributed by atoms with Crippen LogP contribution in [0.2, 0.25) is 5.02 Å². The highest BCUT2D eigenvalue weighted by molar-refractivity contribution is 6.31. The van der Waals surface area contributed by atoms with Gasteiger partial charge in [-0.3, -0.25) is 9.59 Å². The van der Waals surface area contributed by atoms with Crippen molar-refractivity contribution < 1.29 is 19.1 Å². The standard InChI is InChI=1S/C20H23ClN2O4/c1-12-6-7-13(21)10-16(12)23-19(25)20(2,3)18(24)22-15-9-8-14(26-4)11-17(15)27-5/h6-11H,1-5H3,(H,22,24)(H,23,25). The molecule has 6 nitrogen and oxygen atoms in total. The maximum atomic E-state index is 12.8. The molecular formula is C20H23ClN2O4. The summed E-state index contributed by atoms with van der Waals surface area (Å²) in [7, 11) is 3.03. The van der Waals surface area contributed by atoms with Crippen LogP contribution in [0.1, 0.15) is 19.4 Å². The lowest BCUT2D eigenvalue weighted by Crippen LogP contribution is -2.41. The molecule has 7 heteroatoms. The minimum absolute atomic E-state index is 0.435. The minimum atomic E-state index is -1.33. The molecule has 0 saturated heterocycles. The smallest absolute Gasteiger partial charge is 0.239 e. The van der Waals surface area contributed by atoms with E-state index < -0.39 is 17.2 Å². The van der Waals surface area contributed by atoms with Gasteiger partial charge in [0.15, 0.2) is 0 Å². The van der Waals surface area contributed by atoms with Gasteiger partial charge in [0.2, 0.25) is 11.8 Å². The molecule has 0 atom stereocenters. The Morgan fingerprint density at radius 3 is 2.15 bits per heavy atom. The fourth-order valence-electron chi connectivity index (χ4n) is 2.29. The van der Waals surface area contributed by atoms with Gasteiger partial charge in [-0.25, -0.2) is 0 Å². The number of amides is 2. The van der Waals surface area contributed by atoms with Crippen LogP contribution < -0.4 is 20.1 Å². The Morgan fingerprint density at radius 1 is 0.926 bits per heavy atom. The van der Waals surface area contributed by atoms with Crippen LogP contribution in [0.4, 0.5) is 11.4 Å². The largest absolute Gasteiger partial charge is 0.497 e. The molecule has 2 aromatic carbocycles. The summed E-state index contributed by atoms with van der Waals surface area (Å²) in [5.41, 5.74) is 0.527. The van der Waals surface area contributed by atoms with E-state index in [2.05, 4.69) is 10.6 Å². The Bertz CT molecular complexity index is 865. The Hall–Kier alpha value is -2.73. The van der Waals surface area contributed by atoms with Crippen molar-refractivity contribution in [3.05, 3.63) is 47.0 Å². The minimum Gasteiger partial charge on any atom is -0.497 e. The van der Waals surface area contributed by atoms with Gasteiger partial charge in [0.25, 0.3) is 0 Å². The Kier molecular flexibility index (Phi) is 6.33. The summed E-state index contributed by atoms with van der Waals surface area (Å²) in [6, 6.07) is 10.2. The summed E-state index contributed by atoms with van der Waals surface area (Å²) in [6.45, 7) is 4.95. The summed E-state index contributed by atoms with van der Waals surface area (Å²) in [4.78, 5) is 25.5. The average molecular weight is 391 g/mol. The average Bonchev–Trinajstić information content (AvgIpc) is 2.64. The molecule has 0 radical (unpaired) electrons. The number of carbonyl (C=O) groups excluding carboxylic acids is 2. The monoisotopic (exact) mass is 390 g/mol. The third kappa shape index (κ3) is 4.71. The van der Waals surface area contributed by atoms with Gasteiger partial charge in [0, 0.05) is 16.8 Å². The van der Waals surface area contributed by atoms with E-state index in [9.17, 15) is 9.59 Å². The third-order valence-corrected chi connectivity index (χ3v) is 4.48. The van der Waals surface area contributed by atoms with E-state index in [1.807, 2.05) is 6.92 Å². The van der Waals surface area contributed by atoms with Gasteiger partial charge < -0.3 is 20.1 Å². The molecule has 0 heterocycles. The molecule has 144 valence electrons. The second-order valence-corrected chi connectivity index (χ2v) is 7.00. The molecule has 0 aliphatic carbocycles. The van der Waals surface area contributed by atoms with Crippen LogP contribution in [-0.2, 0) is 9.59 Å². The maximum absolute atomic E-state index is 12.8. The fraction of sp³-hybridized carbons (Fsp3) is 0.300. The first-order valence-corrected chi connectivity index (χ1v) is 8.68. The van der Waals surface area contributed by atoms with Crippen molar-refractivity contribution in [2.45, 2.75) is 20.8 Å². The van der Waals surface area contributed by atoms with Crippen molar-refractivity contribution >= 4 is 34.8 Å². The molecule has 2 amide bonds. The molecule has 0 bridgehead atoms. The quantitative estimate of drug-likeness (QED) is 0.722. The highest BCUT2D eigenvalue weighted by Crippen LogP contribution is 2.31. The zero-order valence-corrected chi connectivity index (χ0v) is 16.7. The predicted octanol–water partition coefficient (Wildman–Crippen LogP) is 4.27. The number of nitrogens with one attached hydrogen (secondary N) is 2. The Morgan fingerprint density at radius 2 is 1.56 bits per heavy atom. The number of hydrogen-bond acceptors (Lipinski definition) is 4. The van der Waals surface area contributed by atoms with Crippen LogP contribution in [0.15, 0.2) is 36.4 Å².